The molecule has 23 heavy (non-hydrogen) atoms. The zero-order valence-electron chi connectivity index (χ0n) is 12.7. The average molecular weight is 375 g/mol. The summed E-state index contributed by atoms with van der Waals surface area (Å²) in [7, 11) is 0. The van der Waals surface area contributed by atoms with E-state index in [1.165, 1.54) is 0 Å². The minimum absolute atomic E-state index is 0.0149. The van der Waals surface area contributed by atoms with E-state index in [0.717, 1.165) is 10.0 Å². The van der Waals surface area contributed by atoms with Crippen LogP contribution < -0.4 is 10.6 Å². The number of nitrogens with one attached hydrogen (secondary N) is 2. The van der Waals surface area contributed by atoms with Gasteiger partial charge in [0, 0.05) is 29.5 Å². The van der Waals surface area contributed by atoms with Gasteiger partial charge in [0.05, 0.1) is 0 Å². The molecule has 0 radical (unpaired) electrons. The first-order valence-electron chi connectivity index (χ1n) is 7.49. The van der Waals surface area contributed by atoms with Crippen molar-refractivity contribution >= 4 is 27.7 Å². The van der Waals surface area contributed by atoms with Crippen LogP contribution in [0.15, 0.2) is 59.1 Å². The zero-order valence-corrected chi connectivity index (χ0v) is 14.3. The first-order valence-corrected chi connectivity index (χ1v) is 8.29. The minimum Gasteiger partial charge on any atom is -0.352 e. The highest BCUT2D eigenvalue weighted by atomic mass is 79.9. The molecule has 0 saturated carbocycles. The van der Waals surface area contributed by atoms with Gasteiger partial charge in [-0.3, -0.25) is 9.59 Å². The summed E-state index contributed by atoms with van der Waals surface area (Å²) in [5.41, 5.74) is 1.68. The maximum absolute atomic E-state index is 11.8. The Kier molecular flexibility index (Phi) is 6.81. The minimum atomic E-state index is -0.111. The van der Waals surface area contributed by atoms with Crippen molar-refractivity contribution in [3.05, 3.63) is 70.2 Å². The Balaban J connectivity index is 1.62. The molecule has 0 unspecified atom stereocenters. The average Bonchev–Trinajstić information content (AvgIpc) is 2.57. The molecule has 2 rings (SSSR count). The molecule has 0 aliphatic carbocycles. The molecule has 0 saturated heterocycles. The summed E-state index contributed by atoms with van der Waals surface area (Å²) in [6.07, 6.45) is 1.01. The number of hydrogen-bond acceptors (Lipinski definition) is 2. The van der Waals surface area contributed by atoms with Crippen LogP contribution in [0.2, 0.25) is 0 Å². The summed E-state index contributed by atoms with van der Waals surface area (Å²) in [5.74, 6) is -0.126. The molecule has 0 heterocycles. The summed E-state index contributed by atoms with van der Waals surface area (Å²) >= 11 is 3.40. The molecule has 0 spiro atoms. The van der Waals surface area contributed by atoms with Crippen LogP contribution in [0.5, 0.6) is 0 Å². The van der Waals surface area contributed by atoms with Crippen molar-refractivity contribution in [3.63, 3.8) is 0 Å². The van der Waals surface area contributed by atoms with Crippen molar-refractivity contribution in [1.82, 2.24) is 10.6 Å². The van der Waals surface area contributed by atoms with E-state index in [0.29, 0.717) is 31.5 Å². The number of carbonyl (C=O) groups excluding carboxylic acids is 2. The fourth-order valence-electron chi connectivity index (χ4n) is 2.08. The number of amides is 2. The quantitative estimate of drug-likeness (QED) is 0.730. The third-order valence-electron chi connectivity index (χ3n) is 3.28. The molecule has 0 bridgehead atoms. The third-order valence-corrected chi connectivity index (χ3v) is 3.77. The summed E-state index contributed by atoms with van der Waals surface area (Å²) in [6, 6.07) is 16.9. The second kappa shape index (κ2) is 9.10. The van der Waals surface area contributed by atoms with E-state index in [9.17, 15) is 9.59 Å². The van der Waals surface area contributed by atoms with Gasteiger partial charge in [0.1, 0.15) is 0 Å². The van der Waals surface area contributed by atoms with Crippen LogP contribution in [0, 0.1) is 0 Å². The fraction of sp³-hybridized carbons (Fsp3) is 0.222. The normalized spacial score (nSPS) is 10.1. The highest BCUT2D eigenvalue weighted by molar-refractivity contribution is 9.10. The van der Waals surface area contributed by atoms with Gasteiger partial charge in [0.15, 0.2) is 0 Å². The number of hydrogen-bond donors (Lipinski definition) is 2. The number of rotatable bonds is 7. The van der Waals surface area contributed by atoms with Crippen molar-refractivity contribution in [2.75, 3.05) is 6.54 Å². The predicted molar refractivity (Wildman–Crippen MR) is 94.0 cm³/mol. The third kappa shape index (κ3) is 6.24. The van der Waals surface area contributed by atoms with Crippen molar-refractivity contribution in [1.29, 1.82) is 0 Å². The molecule has 120 valence electrons. The molecule has 0 atom stereocenters. The summed E-state index contributed by atoms with van der Waals surface area (Å²) in [6.45, 7) is 0.993. The Hall–Kier alpha value is -2.14. The Labute approximate surface area is 144 Å². The molecular weight excluding hydrogens is 356 g/mol. The topological polar surface area (TPSA) is 58.2 Å². The van der Waals surface area contributed by atoms with Gasteiger partial charge in [0.2, 0.25) is 5.91 Å². The lowest BCUT2D eigenvalue weighted by Gasteiger charge is -2.07. The van der Waals surface area contributed by atoms with E-state index in [1.54, 1.807) is 12.1 Å². The number of benzene rings is 2. The van der Waals surface area contributed by atoms with Gasteiger partial charge in [-0.2, -0.15) is 0 Å². The van der Waals surface area contributed by atoms with Crippen LogP contribution in [0.3, 0.4) is 0 Å². The van der Waals surface area contributed by atoms with Gasteiger partial charge in [-0.05, 0) is 36.2 Å². The molecule has 0 aliphatic heterocycles. The number of carbonyl (C=O) groups is 2. The van der Waals surface area contributed by atoms with E-state index in [4.69, 9.17) is 0 Å². The maximum Gasteiger partial charge on any atom is 0.251 e. The lowest BCUT2D eigenvalue weighted by Crippen LogP contribution is -2.27. The standard InChI is InChI=1S/C18H19BrN2O2/c19-16-9-4-6-14(12-16)13-21-17(22)10-5-11-20-18(23)15-7-2-1-3-8-15/h1-4,6-9,12H,5,10-11,13H2,(H,20,23)(H,21,22). The van der Waals surface area contributed by atoms with E-state index in [2.05, 4.69) is 26.6 Å². The second-order valence-electron chi connectivity index (χ2n) is 5.13. The first-order chi connectivity index (χ1) is 11.1. The van der Waals surface area contributed by atoms with E-state index >= 15 is 0 Å². The maximum atomic E-state index is 11.8. The molecule has 2 N–H and O–H groups in total. The molecule has 5 heteroatoms. The molecular formula is C18H19BrN2O2. The summed E-state index contributed by atoms with van der Waals surface area (Å²) in [4.78, 5) is 23.6. The van der Waals surface area contributed by atoms with Crippen LogP contribution in [-0.4, -0.2) is 18.4 Å². The smallest absolute Gasteiger partial charge is 0.251 e. The molecule has 0 fully saturated rings. The van der Waals surface area contributed by atoms with Crippen molar-refractivity contribution < 1.29 is 9.59 Å². The molecule has 0 aromatic heterocycles. The summed E-state index contributed by atoms with van der Waals surface area (Å²) < 4.78 is 0.993. The monoisotopic (exact) mass is 374 g/mol. The molecule has 4 nitrogen and oxygen atoms in total. The first kappa shape index (κ1) is 17.2. The van der Waals surface area contributed by atoms with E-state index in [-0.39, 0.29) is 11.8 Å². The van der Waals surface area contributed by atoms with Crippen LogP contribution in [0.25, 0.3) is 0 Å². The Morgan fingerprint density at radius 2 is 1.74 bits per heavy atom. The summed E-state index contributed by atoms with van der Waals surface area (Å²) in [5, 5.41) is 5.68. The van der Waals surface area contributed by atoms with Crippen molar-refractivity contribution in [2.24, 2.45) is 0 Å². The van der Waals surface area contributed by atoms with Gasteiger partial charge < -0.3 is 10.6 Å². The largest absolute Gasteiger partial charge is 0.352 e. The van der Waals surface area contributed by atoms with Gasteiger partial charge in [-0.15, -0.1) is 0 Å². The highest BCUT2D eigenvalue weighted by Gasteiger charge is 2.05. The SMILES string of the molecule is O=C(CCCNC(=O)c1ccccc1)NCc1cccc(Br)c1. The van der Waals surface area contributed by atoms with Crippen LogP contribution in [-0.2, 0) is 11.3 Å². The van der Waals surface area contributed by atoms with Crippen molar-refractivity contribution in [3.8, 4) is 0 Å². The second-order valence-corrected chi connectivity index (χ2v) is 6.05. The lowest BCUT2D eigenvalue weighted by atomic mass is 10.2. The molecule has 0 aliphatic rings. The molecule has 2 amide bonds. The Morgan fingerprint density at radius 1 is 0.957 bits per heavy atom. The molecule has 2 aromatic carbocycles. The van der Waals surface area contributed by atoms with Gasteiger partial charge in [-0.25, -0.2) is 0 Å². The zero-order chi connectivity index (χ0) is 16.5. The lowest BCUT2D eigenvalue weighted by molar-refractivity contribution is -0.121. The van der Waals surface area contributed by atoms with Gasteiger partial charge >= 0.3 is 0 Å². The van der Waals surface area contributed by atoms with Crippen LogP contribution >= 0.6 is 15.9 Å². The van der Waals surface area contributed by atoms with Gasteiger partial charge in [-0.1, -0.05) is 46.3 Å². The number of halogens is 1. The fourth-order valence-corrected chi connectivity index (χ4v) is 2.53. The Morgan fingerprint density at radius 3 is 2.48 bits per heavy atom. The molecule has 2 aromatic rings. The van der Waals surface area contributed by atoms with Crippen LogP contribution in [0.4, 0.5) is 0 Å². The van der Waals surface area contributed by atoms with E-state index < -0.39 is 0 Å². The highest BCUT2D eigenvalue weighted by Crippen LogP contribution is 2.11. The van der Waals surface area contributed by atoms with Gasteiger partial charge in [0.25, 0.3) is 5.91 Å². The van der Waals surface area contributed by atoms with Crippen LogP contribution in [0.1, 0.15) is 28.8 Å². The van der Waals surface area contributed by atoms with E-state index in [1.807, 2.05) is 42.5 Å². The predicted octanol–water partition coefficient (Wildman–Crippen LogP) is 3.28. The Bertz CT molecular complexity index is 659. The van der Waals surface area contributed by atoms with Crippen molar-refractivity contribution in [2.45, 2.75) is 19.4 Å².